The van der Waals surface area contributed by atoms with Crippen LogP contribution in [0.4, 0.5) is 16.4 Å². The molecule has 1 saturated heterocycles. The van der Waals surface area contributed by atoms with Crippen LogP contribution in [0.15, 0.2) is 36.7 Å². The summed E-state index contributed by atoms with van der Waals surface area (Å²) in [6.07, 6.45) is 3.30. The largest absolute Gasteiger partial charge is 0.487 e. The van der Waals surface area contributed by atoms with Crippen LogP contribution in [-0.4, -0.2) is 77.6 Å². The number of ether oxygens (including phenoxy) is 1. The van der Waals surface area contributed by atoms with Crippen LogP contribution in [0.1, 0.15) is 22.7 Å². The van der Waals surface area contributed by atoms with Gasteiger partial charge in [-0.15, -0.1) is 0 Å². The summed E-state index contributed by atoms with van der Waals surface area (Å²) in [5.74, 6) is 1.74. The molecule has 0 aliphatic carbocycles. The first-order chi connectivity index (χ1) is 17.3. The van der Waals surface area contributed by atoms with Gasteiger partial charge >= 0.3 is 6.09 Å². The molecule has 1 fully saturated rings. The molecule has 0 unspecified atom stereocenters. The summed E-state index contributed by atoms with van der Waals surface area (Å²) in [7, 11) is 3.37. The molecule has 5 rings (SSSR count). The lowest BCUT2D eigenvalue weighted by Crippen LogP contribution is -2.53. The van der Waals surface area contributed by atoms with E-state index in [4.69, 9.17) is 4.74 Å². The van der Waals surface area contributed by atoms with Crippen LogP contribution in [0.2, 0.25) is 0 Å². The van der Waals surface area contributed by atoms with Crippen LogP contribution in [-0.2, 0) is 7.05 Å². The number of nitrogens with zero attached hydrogens (tertiary/aromatic N) is 7. The van der Waals surface area contributed by atoms with Gasteiger partial charge in [-0.1, -0.05) is 0 Å². The Morgan fingerprint density at radius 1 is 1.22 bits per heavy atom. The summed E-state index contributed by atoms with van der Waals surface area (Å²) < 4.78 is 9.41. The standard InChI is InChI=1S/C23H25N9O4/c1-13-26-17(22(33)24-2)10-19(27-13)28-20-9-16-8-14(4-7-32(16)29-20)21-18(11-25-30(21)3)36-12-15-5-6-31(15)23(34)35/h4,7-11,15H,5-6,12H2,1-3H3,(H,24,33)(H,34,35)(H,26,27,28,29)/t15-/m1/s1. The minimum Gasteiger partial charge on any atom is -0.487 e. The molecule has 186 valence electrons. The van der Waals surface area contributed by atoms with E-state index < -0.39 is 6.09 Å². The Labute approximate surface area is 205 Å². The molecule has 0 radical (unpaired) electrons. The topological polar surface area (TPSA) is 152 Å². The number of pyridine rings is 1. The van der Waals surface area contributed by atoms with Crippen molar-refractivity contribution in [1.29, 1.82) is 0 Å². The van der Waals surface area contributed by atoms with Crippen LogP contribution in [0.25, 0.3) is 16.8 Å². The molecule has 5 heterocycles. The molecule has 1 atom stereocenters. The number of rotatable bonds is 7. The maximum absolute atomic E-state index is 12.0. The summed E-state index contributed by atoms with van der Waals surface area (Å²) in [5, 5.41) is 23.8. The first-order valence-electron chi connectivity index (χ1n) is 11.3. The van der Waals surface area contributed by atoms with Gasteiger partial charge in [-0.3, -0.25) is 9.48 Å². The number of carbonyl (C=O) groups is 2. The number of aromatic nitrogens is 6. The molecular weight excluding hydrogens is 466 g/mol. The summed E-state index contributed by atoms with van der Waals surface area (Å²) in [6, 6.07) is 7.12. The van der Waals surface area contributed by atoms with Gasteiger partial charge in [0.05, 0.1) is 17.8 Å². The van der Waals surface area contributed by atoms with Crippen molar-refractivity contribution in [2.45, 2.75) is 19.4 Å². The number of aryl methyl sites for hydroxylation is 2. The first kappa shape index (κ1) is 23.1. The Bertz CT molecular complexity index is 1460. The smallest absolute Gasteiger partial charge is 0.407 e. The van der Waals surface area contributed by atoms with E-state index >= 15 is 0 Å². The fourth-order valence-corrected chi connectivity index (χ4v) is 4.11. The van der Waals surface area contributed by atoms with Crippen molar-refractivity contribution >= 4 is 29.2 Å². The quantitative estimate of drug-likeness (QED) is 0.353. The molecule has 4 aromatic heterocycles. The van der Waals surface area contributed by atoms with Gasteiger partial charge in [0, 0.05) is 44.5 Å². The third-order valence-corrected chi connectivity index (χ3v) is 6.02. The summed E-state index contributed by atoms with van der Waals surface area (Å²) in [6.45, 7) is 2.51. The van der Waals surface area contributed by atoms with Gasteiger partial charge in [0.1, 0.15) is 29.6 Å². The highest BCUT2D eigenvalue weighted by atomic mass is 16.5. The number of likely N-dealkylation sites (tertiary alicyclic amines) is 1. The van der Waals surface area contributed by atoms with E-state index in [1.165, 1.54) is 4.90 Å². The Morgan fingerprint density at radius 2 is 2.06 bits per heavy atom. The molecule has 0 aromatic carbocycles. The predicted molar refractivity (Wildman–Crippen MR) is 129 cm³/mol. The van der Waals surface area contributed by atoms with E-state index in [1.807, 2.05) is 31.4 Å². The number of amides is 2. The van der Waals surface area contributed by atoms with E-state index in [2.05, 4.69) is 30.8 Å². The molecule has 13 heteroatoms. The van der Waals surface area contributed by atoms with Crippen LogP contribution in [0.3, 0.4) is 0 Å². The molecule has 1 aliphatic rings. The number of fused-ring (bicyclic) bond motifs is 1. The van der Waals surface area contributed by atoms with Crippen LogP contribution >= 0.6 is 0 Å². The highest BCUT2D eigenvalue weighted by molar-refractivity contribution is 5.92. The second kappa shape index (κ2) is 9.17. The van der Waals surface area contributed by atoms with Gasteiger partial charge in [-0.2, -0.15) is 10.2 Å². The molecule has 0 spiro atoms. The second-order valence-corrected chi connectivity index (χ2v) is 8.41. The lowest BCUT2D eigenvalue weighted by atomic mass is 10.1. The molecule has 0 bridgehead atoms. The average molecular weight is 492 g/mol. The molecule has 1 aliphatic heterocycles. The van der Waals surface area contributed by atoms with Crippen molar-refractivity contribution in [1.82, 2.24) is 39.6 Å². The average Bonchev–Trinajstić information content (AvgIpc) is 3.38. The van der Waals surface area contributed by atoms with E-state index in [0.717, 1.165) is 23.2 Å². The van der Waals surface area contributed by atoms with E-state index in [9.17, 15) is 14.7 Å². The van der Waals surface area contributed by atoms with Gasteiger partial charge in [0.2, 0.25) is 0 Å². The maximum atomic E-state index is 12.0. The van der Waals surface area contributed by atoms with Crippen molar-refractivity contribution in [2.24, 2.45) is 7.05 Å². The van der Waals surface area contributed by atoms with Crippen LogP contribution in [0.5, 0.6) is 5.75 Å². The van der Waals surface area contributed by atoms with E-state index in [-0.39, 0.29) is 24.2 Å². The normalized spacial score (nSPS) is 15.0. The molecule has 4 aromatic rings. The molecule has 2 amide bonds. The lowest BCUT2D eigenvalue weighted by Gasteiger charge is -2.38. The fourth-order valence-electron chi connectivity index (χ4n) is 4.11. The summed E-state index contributed by atoms with van der Waals surface area (Å²) in [4.78, 5) is 33.1. The minimum atomic E-state index is -0.932. The van der Waals surface area contributed by atoms with Crippen molar-refractivity contribution in [2.75, 3.05) is 25.5 Å². The molecule has 0 saturated carbocycles. The SMILES string of the molecule is CNC(=O)c1cc(Nc2cc3cc(-c4c(OC[C@H]5CCN5C(=O)O)cnn4C)ccn3n2)nc(C)n1. The minimum absolute atomic E-state index is 0.157. The van der Waals surface area contributed by atoms with Gasteiger partial charge in [0.25, 0.3) is 5.91 Å². The number of anilines is 2. The molecule has 36 heavy (non-hydrogen) atoms. The van der Waals surface area contributed by atoms with Crippen molar-refractivity contribution in [3.8, 4) is 17.0 Å². The van der Waals surface area contributed by atoms with E-state index in [1.54, 1.807) is 35.4 Å². The number of hydrogen-bond donors (Lipinski definition) is 3. The third-order valence-electron chi connectivity index (χ3n) is 6.02. The number of hydrogen-bond acceptors (Lipinski definition) is 8. The zero-order chi connectivity index (χ0) is 25.4. The monoisotopic (exact) mass is 491 g/mol. The number of carbonyl (C=O) groups excluding carboxylic acids is 1. The maximum Gasteiger partial charge on any atom is 0.407 e. The molecular formula is C23H25N9O4. The van der Waals surface area contributed by atoms with Gasteiger partial charge < -0.3 is 25.4 Å². The zero-order valence-electron chi connectivity index (χ0n) is 20.0. The van der Waals surface area contributed by atoms with Crippen molar-refractivity contribution in [3.63, 3.8) is 0 Å². The summed E-state index contributed by atoms with van der Waals surface area (Å²) >= 11 is 0. The molecule has 13 nitrogen and oxygen atoms in total. The predicted octanol–water partition coefficient (Wildman–Crippen LogP) is 2.07. The lowest BCUT2D eigenvalue weighted by molar-refractivity contribution is 0.0500. The van der Waals surface area contributed by atoms with Crippen molar-refractivity contribution < 1.29 is 19.4 Å². The Kier molecular flexibility index (Phi) is 5.88. The highest BCUT2D eigenvalue weighted by Crippen LogP contribution is 2.31. The Balaban J connectivity index is 1.37. The van der Waals surface area contributed by atoms with Crippen LogP contribution in [0, 0.1) is 6.92 Å². The van der Waals surface area contributed by atoms with Crippen LogP contribution < -0.4 is 15.4 Å². The Morgan fingerprint density at radius 3 is 2.78 bits per heavy atom. The van der Waals surface area contributed by atoms with Gasteiger partial charge in [0.15, 0.2) is 11.6 Å². The highest BCUT2D eigenvalue weighted by Gasteiger charge is 2.32. The van der Waals surface area contributed by atoms with Gasteiger partial charge in [-0.25, -0.2) is 19.3 Å². The van der Waals surface area contributed by atoms with Gasteiger partial charge in [-0.05, 0) is 25.5 Å². The Hall–Kier alpha value is -4.68. The number of nitrogens with one attached hydrogen (secondary N) is 2. The zero-order valence-corrected chi connectivity index (χ0v) is 20.0. The van der Waals surface area contributed by atoms with E-state index in [0.29, 0.717) is 29.8 Å². The number of carboxylic acid groups (broad SMARTS) is 1. The summed E-state index contributed by atoms with van der Waals surface area (Å²) in [5.41, 5.74) is 2.72. The van der Waals surface area contributed by atoms with Crippen molar-refractivity contribution in [3.05, 3.63) is 48.2 Å². The first-order valence-corrected chi connectivity index (χ1v) is 11.3. The second-order valence-electron chi connectivity index (χ2n) is 8.41. The molecule has 3 N–H and O–H groups in total. The fraction of sp³-hybridized carbons (Fsp3) is 0.304. The third kappa shape index (κ3) is 4.37.